The fourth-order valence-corrected chi connectivity index (χ4v) is 2.05. The van der Waals surface area contributed by atoms with Crippen molar-refractivity contribution in [2.24, 2.45) is 0 Å². The number of H-pyrrole nitrogens is 1. The van der Waals surface area contributed by atoms with Crippen LogP contribution < -0.4 is 16.0 Å². The van der Waals surface area contributed by atoms with Crippen molar-refractivity contribution >= 4 is 35.2 Å². The zero-order chi connectivity index (χ0) is 14.9. The molecule has 21 heavy (non-hydrogen) atoms. The molecule has 0 bridgehead atoms. The van der Waals surface area contributed by atoms with Crippen molar-refractivity contribution in [3.05, 3.63) is 35.5 Å². The van der Waals surface area contributed by atoms with Crippen LogP contribution in [0.3, 0.4) is 0 Å². The van der Waals surface area contributed by atoms with Gasteiger partial charge >= 0.3 is 0 Å². The monoisotopic (exact) mass is 307 g/mol. The Morgan fingerprint density at radius 3 is 2.95 bits per heavy atom. The molecule has 0 radical (unpaired) electrons. The summed E-state index contributed by atoms with van der Waals surface area (Å²) in [7, 11) is 0. The van der Waals surface area contributed by atoms with Gasteiger partial charge in [0.25, 0.3) is 0 Å². The molecule has 0 aliphatic carbocycles. The van der Waals surface area contributed by atoms with Crippen LogP contribution in [0.25, 0.3) is 0 Å². The highest BCUT2D eigenvalue weighted by atomic mass is 35.5. The SMILES string of the molecule is O=CNCCCCNc1[nH]ncc1Nc1cccc(Cl)c1. The molecule has 1 aromatic heterocycles. The van der Waals surface area contributed by atoms with Gasteiger partial charge in [-0.1, -0.05) is 17.7 Å². The summed E-state index contributed by atoms with van der Waals surface area (Å²) in [4.78, 5) is 10.1. The summed E-state index contributed by atoms with van der Waals surface area (Å²) in [5.41, 5.74) is 1.77. The third kappa shape index (κ3) is 5.00. The van der Waals surface area contributed by atoms with Gasteiger partial charge in [-0.2, -0.15) is 5.10 Å². The van der Waals surface area contributed by atoms with E-state index in [0.717, 1.165) is 43.0 Å². The van der Waals surface area contributed by atoms with Gasteiger partial charge in [-0.05, 0) is 31.0 Å². The molecule has 112 valence electrons. The van der Waals surface area contributed by atoms with Crippen molar-refractivity contribution in [1.29, 1.82) is 0 Å². The molecule has 7 heteroatoms. The van der Waals surface area contributed by atoms with E-state index in [1.165, 1.54) is 0 Å². The first-order chi connectivity index (χ1) is 10.3. The summed E-state index contributed by atoms with van der Waals surface area (Å²) in [6, 6.07) is 7.50. The highest BCUT2D eigenvalue weighted by molar-refractivity contribution is 6.30. The van der Waals surface area contributed by atoms with Crippen molar-refractivity contribution in [3.63, 3.8) is 0 Å². The second-order valence-electron chi connectivity index (χ2n) is 4.50. The van der Waals surface area contributed by atoms with Crippen LogP contribution in [0, 0.1) is 0 Å². The predicted molar refractivity (Wildman–Crippen MR) is 85.1 cm³/mol. The van der Waals surface area contributed by atoms with Crippen LogP contribution in [0.4, 0.5) is 17.2 Å². The first-order valence-electron chi connectivity index (χ1n) is 6.76. The molecule has 0 atom stereocenters. The third-order valence-electron chi connectivity index (χ3n) is 2.88. The molecule has 4 N–H and O–H groups in total. The number of benzene rings is 1. The Labute approximate surface area is 128 Å². The number of nitrogens with one attached hydrogen (secondary N) is 4. The Bertz CT molecular complexity index is 572. The number of nitrogens with zero attached hydrogens (tertiary/aromatic N) is 1. The van der Waals surface area contributed by atoms with E-state index >= 15 is 0 Å². The van der Waals surface area contributed by atoms with Crippen molar-refractivity contribution in [2.75, 3.05) is 23.7 Å². The topological polar surface area (TPSA) is 81.8 Å². The maximum Gasteiger partial charge on any atom is 0.207 e. The molecule has 0 aliphatic heterocycles. The largest absolute Gasteiger partial charge is 0.369 e. The Kier molecular flexibility index (Phi) is 5.90. The number of unbranched alkanes of at least 4 members (excludes halogenated alkanes) is 1. The summed E-state index contributed by atoms with van der Waals surface area (Å²) < 4.78 is 0. The molecule has 0 unspecified atom stereocenters. The van der Waals surface area contributed by atoms with Gasteiger partial charge in [-0.3, -0.25) is 9.89 Å². The molecule has 2 rings (SSSR count). The fraction of sp³-hybridized carbons (Fsp3) is 0.286. The third-order valence-corrected chi connectivity index (χ3v) is 3.11. The maximum absolute atomic E-state index is 10.1. The van der Waals surface area contributed by atoms with E-state index in [1.54, 1.807) is 6.20 Å². The first kappa shape index (κ1) is 15.2. The number of halogens is 1. The predicted octanol–water partition coefficient (Wildman–Crippen LogP) is 2.74. The van der Waals surface area contributed by atoms with Gasteiger partial charge in [0.15, 0.2) is 0 Å². The van der Waals surface area contributed by atoms with E-state index < -0.39 is 0 Å². The fourth-order valence-electron chi connectivity index (χ4n) is 1.86. The quantitative estimate of drug-likeness (QED) is 0.424. The molecular weight excluding hydrogens is 290 g/mol. The maximum atomic E-state index is 10.1. The second-order valence-corrected chi connectivity index (χ2v) is 4.94. The van der Waals surface area contributed by atoms with Crippen molar-refractivity contribution in [1.82, 2.24) is 15.5 Å². The zero-order valence-corrected chi connectivity index (χ0v) is 12.3. The van der Waals surface area contributed by atoms with E-state index in [1.807, 2.05) is 24.3 Å². The van der Waals surface area contributed by atoms with Crippen LogP contribution in [0.15, 0.2) is 30.5 Å². The standard InChI is InChI=1S/C14H18ClN5O/c15-11-4-3-5-12(8-11)19-13-9-18-20-14(13)17-7-2-1-6-16-10-21/h3-5,8-10,19H,1-2,6-7H2,(H,16,21)(H2,17,18,20). The van der Waals surface area contributed by atoms with Gasteiger partial charge in [0.1, 0.15) is 11.5 Å². The number of aromatic amines is 1. The van der Waals surface area contributed by atoms with Crippen LogP contribution in [0.5, 0.6) is 0 Å². The second kappa shape index (κ2) is 8.16. The van der Waals surface area contributed by atoms with Gasteiger partial charge in [0.05, 0.1) is 6.20 Å². The highest BCUT2D eigenvalue weighted by Gasteiger charge is 2.05. The minimum atomic E-state index is 0.681. The number of hydrogen-bond acceptors (Lipinski definition) is 4. The van der Waals surface area contributed by atoms with Crippen molar-refractivity contribution < 1.29 is 4.79 Å². The van der Waals surface area contributed by atoms with Crippen LogP contribution in [0.2, 0.25) is 5.02 Å². The van der Waals surface area contributed by atoms with Gasteiger partial charge < -0.3 is 16.0 Å². The molecule has 0 saturated heterocycles. The van der Waals surface area contributed by atoms with Crippen LogP contribution in [-0.4, -0.2) is 29.7 Å². The summed E-state index contributed by atoms with van der Waals surface area (Å²) in [5.74, 6) is 0.832. The van der Waals surface area contributed by atoms with E-state index in [2.05, 4.69) is 26.1 Å². The van der Waals surface area contributed by atoms with Gasteiger partial charge in [-0.15, -0.1) is 0 Å². The van der Waals surface area contributed by atoms with Crippen molar-refractivity contribution in [2.45, 2.75) is 12.8 Å². The van der Waals surface area contributed by atoms with Crippen LogP contribution in [-0.2, 0) is 4.79 Å². The zero-order valence-electron chi connectivity index (χ0n) is 11.5. The Morgan fingerprint density at radius 2 is 2.14 bits per heavy atom. The van der Waals surface area contributed by atoms with Crippen molar-refractivity contribution in [3.8, 4) is 0 Å². The lowest BCUT2D eigenvalue weighted by Crippen LogP contribution is -2.13. The summed E-state index contributed by atoms with van der Waals surface area (Å²) in [5, 5.41) is 16.8. The van der Waals surface area contributed by atoms with E-state index in [4.69, 9.17) is 11.6 Å². The Balaban J connectivity index is 1.82. The summed E-state index contributed by atoms with van der Waals surface area (Å²) in [6.45, 7) is 1.49. The first-order valence-corrected chi connectivity index (χ1v) is 7.14. The van der Waals surface area contributed by atoms with Gasteiger partial charge in [-0.25, -0.2) is 0 Å². The number of amides is 1. The molecule has 0 aliphatic rings. The number of carbonyl (C=O) groups excluding carboxylic acids is 1. The lowest BCUT2D eigenvalue weighted by Gasteiger charge is -2.09. The number of rotatable bonds is 9. The summed E-state index contributed by atoms with van der Waals surface area (Å²) in [6.07, 6.45) is 4.32. The average molecular weight is 308 g/mol. The van der Waals surface area contributed by atoms with Crippen LogP contribution >= 0.6 is 11.6 Å². The van der Waals surface area contributed by atoms with E-state index in [0.29, 0.717) is 11.6 Å². The molecule has 0 fully saturated rings. The van der Waals surface area contributed by atoms with Crippen LogP contribution in [0.1, 0.15) is 12.8 Å². The smallest absolute Gasteiger partial charge is 0.207 e. The number of aromatic nitrogens is 2. The average Bonchev–Trinajstić information content (AvgIpc) is 2.90. The number of anilines is 3. The molecule has 1 aromatic carbocycles. The van der Waals surface area contributed by atoms with Gasteiger partial charge in [0, 0.05) is 23.8 Å². The molecule has 0 saturated carbocycles. The summed E-state index contributed by atoms with van der Waals surface area (Å²) >= 11 is 5.96. The lowest BCUT2D eigenvalue weighted by molar-refractivity contribution is -0.109. The Hall–Kier alpha value is -2.21. The normalized spacial score (nSPS) is 10.1. The molecular formula is C14H18ClN5O. The highest BCUT2D eigenvalue weighted by Crippen LogP contribution is 2.24. The number of hydrogen-bond donors (Lipinski definition) is 4. The minimum Gasteiger partial charge on any atom is -0.369 e. The Morgan fingerprint density at radius 1 is 1.29 bits per heavy atom. The van der Waals surface area contributed by atoms with Gasteiger partial charge in [0.2, 0.25) is 6.41 Å². The lowest BCUT2D eigenvalue weighted by atomic mass is 10.3. The molecule has 1 amide bonds. The molecule has 6 nitrogen and oxygen atoms in total. The molecule has 0 spiro atoms. The molecule has 2 aromatic rings. The van der Waals surface area contributed by atoms with E-state index in [-0.39, 0.29) is 0 Å². The van der Waals surface area contributed by atoms with E-state index in [9.17, 15) is 4.79 Å². The minimum absolute atomic E-state index is 0.681. The molecule has 1 heterocycles. The number of carbonyl (C=O) groups is 1.